The van der Waals surface area contributed by atoms with Crippen LogP contribution >= 0.6 is 0 Å². The predicted octanol–water partition coefficient (Wildman–Crippen LogP) is 3.51. The quantitative estimate of drug-likeness (QED) is 0.911. The summed E-state index contributed by atoms with van der Waals surface area (Å²) in [6.07, 6.45) is 4.63. The van der Waals surface area contributed by atoms with E-state index in [1.165, 1.54) is 17.5 Å². The Morgan fingerprint density at radius 3 is 2.80 bits per heavy atom. The van der Waals surface area contributed by atoms with Crippen molar-refractivity contribution in [1.82, 2.24) is 4.90 Å². The summed E-state index contributed by atoms with van der Waals surface area (Å²) < 4.78 is 0. The summed E-state index contributed by atoms with van der Waals surface area (Å²) in [6, 6.07) is 6.69. The van der Waals surface area contributed by atoms with Crippen molar-refractivity contribution in [3.05, 3.63) is 29.3 Å². The van der Waals surface area contributed by atoms with Crippen LogP contribution in [0, 0.1) is 13.8 Å². The monoisotopic (exact) mass is 274 g/mol. The third-order valence-electron chi connectivity index (χ3n) is 4.37. The molecule has 0 spiro atoms. The van der Waals surface area contributed by atoms with E-state index in [0.29, 0.717) is 12.6 Å². The number of nitrogens with one attached hydrogen (secondary N) is 1. The van der Waals surface area contributed by atoms with Gasteiger partial charge in [-0.15, -0.1) is 0 Å². The minimum absolute atomic E-state index is 0.231. The van der Waals surface area contributed by atoms with E-state index in [0.717, 1.165) is 31.5 Å². The Bertz CT molecular complexity index is 470. The Balaban J connectivity index is 1.92. The maximum absolute atomic E-state index is 12.4. The molecule has 0 radical (unpaired) electrons. The summed E-state index contributed by atoms with van der Waals surface area (Å²) in [7, 11) is 0. The fraction of sp³-hybridized carbons (Fsp3) is 0.588. The number of likely N-dealkylation sites (tertiary alicyclic amines) is 1. The minimum atomic E-state index is 0.231. The van der Waals surface area contributed by atoms with Gasteiger partial charge in [-0.3, -0.25) is 4.79 Å². The lowest BCUT2D eigenvalue weighted by Crippen LogP contribution is -2.45. The van der Waals surface area contributed by atoms with Crippen LogP contribution in [0.3, 0.4) is 0 Å². The molecule has 1 aromatic carbocycles. The van der Waals surface area contributed by atoms with Gasteiger partial charge in [0.25, 0.3) is 0 Å². The van der Waals surface area contributed by atoms with Crippen LogP contribution in [0.4, 0.5) is 5.69 Å². The number of rotatable bonds is 4. The molecule has 1 N–H and O–H groups in total. The Morgan fingerprint density at radius 2 is 2.10 bits per heavy atom. The summed E-state index contributed by atoms with van der Waals surface area (Å²) in [6.45, 7) is 7.70. The van der Waals surface area contributed by atoms with Crippen LogP contribution in [0.2, 0.25) is 0 Å². The Labute approximate surface area is 122 Å². The standard InChI is InChI=1S/C17H26N2O/c1-4-16-7-5-6-10-19(16)17(20)12-18-15-9-8-13(2)14(3)11-15/h8-9,11,16,18H,4-7,10,12H2,1-3H3. The van der Waals surface area contributed by atoms with Gasteiger partial charge in [0.1, 0.15) is 0 Å². The highest BCUT2D eigenvalue weighted by molar-refractivity contribution is 5.81. The van der Waals surface area contributed by atoms with E-state index in [-0.39, 0.29) is 5.91 Å². The molecular formula is C17H26N2O. The first-order chi connectivity index (χ1) is 9.61. The summed E-state index contributed by atoms with van der Waals surface area (Å²) in [5, 5.41) is 3.26. The third-order valence-corrected chi connectivity index (χ3v) is 4.37. The molecule has 2 rings (SSSR count). The maximum atomic E-state index is 12.4. The molecule has 1 atom stereocenters. The van der Waals surface area contributed by atoms with Crippen LogP contribution in [-0.4, -0.2) is 29.9 Å². The molecule has 1 fully saturated rings. The van der Waals surface area contributed by atoms with Gasteiger partial charge in [0.15, 0.2) is 0 Å². The van der Waals surface area contributed by atoms with Crippen molar-refractivity contribution in [3.63, 3.8) is 0 Å². The van der Waals surface area contributed by atoms with Gasteiger partial charge < -0.3 is 10.2 Å². The van der Waals surface area contributed by atoms with E-state index >= 15 is 0 Å². The molecular weight excluding hydrogens is 248 g/mol. The van der Waals surface area contributed by atoms with Crippen LogP contribution in [0.1, 0.15) is 43.7 Å². The SMILES string of the molecule is CCC1CCCCN1C(=O)CNc1ccc(C)c(C)c1. The Morgan fingerprint density at radius 1 is 1.30 bits per heavy atom. The van der Waals surface area contributed by atoms with Crippen LogP contribution in [0.15, 0.2) is 18.2 Å². The zero-order valence-electron chi connectivity index (χ0n) is 12.9. The van der Waals surface area contributed by atoms with Crippen LogP contribution in [-0.2, 0) is 4.79 Å². The molecule has 20 heavy (non-hydrogen) atoms. The zero-order valence-corrected chi connectivity index (χ0v) is 12.9. The van der Waals surface area contributed by atoms with E-state index in [1.807, 2.05) is 6.07 Å². The highest BCUT2D eigenvalue weighted by Crippen LogP contribution is 2.20. The van der Waals surface area contributed by atoms with E-state index in [1.54, 1.807) is 0 Å². The van der Waals surface area contributed by atoms with Gasteiger partial charge in [-0.25, -0.2) is 0 Å². The summed E-state index contributed by atoms with van der Waals surface area (Å²) >= 11 is 0. The largest absolute Gasteiger partial charge is 0.376 e. The van der Waals surface area contributed by atoms with Gasteiger partial charge in [-0.05, 0) is 62.8 Å². The second-order valence-corrected chi connectivity index (χ2v) is 5.80. The average Bonchev–Trinajstić information content (AvgIpc) is 2.48. The van der Waals surface area contributed by atoms with Crippen LogP contribution in [0.5, 0.6) is 0 Å². The molecule has 0 saturated carbocycles. The van der Waals surface area contributed by atoms with E-state index in [2.05, 4.69) is 43.1 Å². The summed E-state index contributed by atoms with van der Waals surface area (Å²) in [5.41, 5.74) is 3.57. The molecule has 1 saturated heterocycles. The van der Waals surface area contributed by atoms with Gasteiger partial charge in [0.05, 0.1) is 6.54 Å². The number of amides is 1. The zero-order chi connectivity index (χ0) is 14.5. The highest BCUT2D eigenvalue weighted by atomic mass is 16.2. The highest BCUT2D eigenvalue weighted by Gasteiger charge is 2.24. The fourth-order valence-corrected chi connectivity index (χ4v) is 2.88. The van der Waals surface area contributed by atoms with E-state index in [4.69, 9.17) is 0 Å². The molecule has 1 unspecified atom stereocenters. The number of benzene rings is 1. The molecule has 3 heteroatoms. The normalized spacial score (nSPS) is 18.9. The number of nitrogens with zero attached hydrogens (tertiary/aromatic N) is 1. The van der Waals surface area contributed by atoms with E-state index < -0.39 is 0 Å². The Hall–Kier alpha value is -1.51. The molecule has 1 aliphatic heterocycles. The third kappa shape index (κ3) is 3.53. The van der Waals surface area contributed by atoms with Gasteiger partial charge in [0, 0.05) is 18.3 Å². The second-order valence-electron chi connectivity index (χ2n) is 5.80. The number of hydrogen-bond donors (Lipinski definition) is 1. The molecule has 1 aliphatic rings. The Kier molecular flexibility index (Phi) is 5.05. The van der Waals surface area contributed by atoms with Crippen molar-refractivity contribution in [2.75, 3.05) is 18.4 Å². The van der Waals surface area contributed by atoms with Crippen molar-refractivity contribution in [1.29, 1.82) is 0 Å². The predicted molar refractivity (Wildman–Crippen MR) is 84.0 cm³/mol. The number of hydrogen-bond acceptors (Lipinski definition) is 2. The van der Waals surface area contributed by atoms with Crippen molar-refractivity contribution >= 4 is 11.6 Å². The first-order valence-corrected chi connectivity index (χ1v) is 7.72. The fourth-order valence-electron chi connectivity index (χ4n) is 2.88. The molecule has 0 bridgehead atoms. The summed E-state index contributed by atoms with van der Waals surface area (Å²) in [4.78, 5) is 14.4. The number of anilines is 1. The minimum Gasteiger partial charge on any atom is -0.376 e. The molecule has 1 aromatic rings. The molecule has 3 nitrogen and oxygen atoms in total. The first-order valence-electron chi connectivity index (χ1n) is 7.72. The molecule has 1 heterocycles. The van der Waals surface area contributed by atoms with Crippen molar-refractivity contribution in [2.45, 2.75) is 52.5 Å². The van der Waals surface area contributed by atoms with Gasteiger partial charge in [-0.1, -0.05) is 13.0 Å². The molecule has 0 aromatic heterocycles. The van der Waals surface area contributed by atoms with Crippen molar-refractivity contribution in [2.24, 2.45) is 0 Å². The first kappa shape index (κ1) is 14.9. The van der Waals surface area contributed by atoms with Crippen molar-refractivity contribution < 1.29 is 4.79 Å². The van der Waals surface area contributed by atoms with Crippen LogP contribution < -0.4 is 5.32 Å². The van der Waals surface area contributed by atoms with Crippen LogP contribution in [0.25, 0.3) is 0 Å². The van der Waals surface area contributed by atoms with Crippen molar-refractivity contribution in [3.8, 4) is 0 Å². The van der Waals surface area contributed by atoms with Gasteiger partial charge in [-0.2, -0.15) is 0 Å². The number of carbonyl (C=O) groups excluding carboxylic acids is 1. The lowest BCUT2D eigenvalue weighted by Gasteiger charge is -2.35. The van der Waals surface area contributed by atoms with Gasteiger partial charge >= 0.3 is 0 Å². The molecule has 1 amide bonds. The lowest BCUT2D eigenvalue weighted by atomic mass is 10.00. The molecule has 110 valence electrons. The maximum Gasteiger partial charge on any atom is 0.242 e. The summed E-state index contributed by atoms with van der Waals surface area (Å²) in [5.74, 6) is 0.231. The lowest BCUT2D eigenvalue weighted by molar-refractivity contribution is -0.133. The van der Waals surface area contributed by atoms with E-state index in [9.17, 15) is 4.79 Å². The smallest absolute Gasteiger partial charge is 0.242 e. The number of carbonyl (C=O) groups is 1. The topological polar surface area (TPSA) is 32.3 Å². The molecule has 0 aliphatic carbocycles. The number of aryl methyl sites for hydroxylation is 2. The second kappa shape index (κ2) is 6.78. The van der Waals surface area contributed by atoms with Gasteiger partial charge in [0.2, 0.25) is 5.91 Å². The average molecular weight is 274 g/mol. The number of piperidine rings is 1.